The van der Waals surface area contributed by atoms with Gasteiger partial charge >= 0.3 is 0 Å². The second-order valence-electron chi connectivity index (χ2n) is 5.87. The molecule has 21 heavy (non-hydrogen) atoms. The van der Waals surface area contributed by atoms with Crippen LogP contribution in [0, 0.1) is 5.92 Å². The van der Waals surface area contributed by atoms with E-state index in [4.69, 9.17) is 9.47 Å². The van der Waals surface area contributed by atoms with Gasteiger partial charge in [-0.3, -0.25) is 4.79 Å². The Bertz CT molecular complexity index is 532. The first kappa shape index (κ1) is 14.2. The van der Waals surface area contributed by atoms with Gasteiger partial charge in [0.05, 0.1) is 0 Å². The normalized spacial score (nSPS) is 24.2. The van der Waals surface area contributed by atoms with Crippen molar-refractivity contribution in [1.82, 2.24) is 10.2 Å². The average Bonchev–Trinajstić information content (AvgIpc) is 2.94. The van der Waals surface area contributed by atoms with Gasteiger partial charge in [-0.2, -0.15) is 0 Å². The lowest BCUT2D eigenvalue weighted by atomic mass is 9.93. The van der Waals surface area contributed by atoms with Gasteiger partial charge in [-0.15, -0.1) is 0 Å². The monoisotopic (exact) mass is 290 g/mol. The summed E-state index contributed by atoms with van der Waals surface area (Å²) in [5.74, 6) is 2.32. The number of benzene rings is 1. The number of likely N-dealkylation sites (tertiary alicyclic amines) is 1. The summed E-state index contributed by atoms with van der Waals surface area (Å²) < 4.78 is 10.9. The van der Waals surface area contributed by atoms with Crippen LogP contribution < -0.4 is 14.8 Å². The third kappa shape index (κ3) is 2.97. The third-order valence-electron chi connectivity index (χ3n) is 4.38. The number of para-hydroxylation sites is 1. The zero-order valence-electron chi connectivity index (χ0n) is 12.6. The number of fused-ring (bicyclic) bond motifs is 1. The standard InChI is InChI=1S/C16H22N2O3/c1-11-9-18(12(2)19)7-6-14(11)17-8-13-4-3-5-15-16(13)21-10-20-15/h3-5,11,14,17H,6-10H2,1-2H3/t11-,14+/m1/s1. The molecule has 2 heterocycles. The fourth-order valence-corrected chi connectivity index (χ4v) is 3.11. The predicted octanol–water partition coefficient (Wildman–Crippen LogP) is 1.76. The molecule has 1 aromatic rings. The van der Waals surface area contributed by atoms with Crippen molar-refractivity contribution in [2.24, 2.45) is 5.92 Å². The van der Waals surface area contributed by atoms with Crippen LogP contribution in [0.5, 0.6) is 11.5 Å². The Balaban J connectivity index is 1.59. The molecule has 0 saturated carbocycles. The molecule has 1 amide bonds. The van der Waals surface area contributed by atoms with E-state index in [-0.39, 0.29) is 5.91 Å². The van der Waals surface area contributed by atoms with Crippen LogP contribution in [0.1, 0.15) is 25.8 Å². The van der Waals surface area contributed by atoms with Crippen molar-refractivity contribution in [3.8, 4) is 11.5 Å². The van der Waals surface area contributed by atoms with Gasteiger partial charge in [0.15, 0.2) is 11.5 Å². The number of hydrogen-bond acceptors (Lipinski definition) is 4. The van der Waals surface area contributed by atoms with Gasteiger partial charge < -0.3 is 19.7 Å². The molecule has 0 unspecified atom stereocenters. The summed E-state index contributed by atoms with van der Waals surface area (Å²) in [5, 5.41) is 3.60. The van der Waals surface area contributed by atoms with E-state index in [0.717, 1.165) is 43.1 Å². The van der Waals surface area contributed by atoms with E-state index in [9.17, 15) is 4.79 Å². The van der Waals surface area contributed by atoms with E-state index in [2.05, 4.69) is 18.3 Å². The minimum atomic E-state index is 0.173. The number of carbonyl (C=O) groups is 1. The maximum Gasteiger partial charge on any atom is 0.231 e. The van der Waals surface area contributed by atoms with Crippen LogP contribution in [0.15, 0.2) is 18.2 Å². The second kappa shape index (κ2) is 5.93. The van der Waals surface area contributed by atoms with Gasteiger partial charge in [0, 0.05) is 38.2 Å². The zero-order chi connectivity index (χ0) is 14.8. The molecule has 1 fully saturated rings. The van der Waals surface area contributed by atoms with Crippen molar-refractivity contribution in [3.05, 3.63) is 23.8 Å². The summed E-state index contributed by atoms with van der Waals surface area (Å²) in [6.45, 7) is 6.58. The molecule has 1 aromatic carbocycles. The lowest BCUT2D eigenvalue weighted by Crippen LogP contribution is -2.49. The maximum atomic E-state index is 11.4. The van der Waals surface area contributed by atoms with Crippen molar-refractivity contribution in [2.75, 3.05) is 19.9 Å². The van der Waals surface area contributed by atoms with Gasteiger partial charge in [0.2, 0.25) is 12.7 Å². The van der Waals surface area contributed by atoms with E-state index in [1.807, 2.05) is 17.0 Å². The second-order valence-corrected chi connectivity index (χ2v) is 5.87. The molecule has 114 valence electrons. The molecule has 0 aromatic heterocycles. The molecule has 2 aliphatic rings. The molecule has 3 rings (SSSR count). The highest BCUT2D eigenvalue weighted by atomic mass is 16.7. The first-order chi connectivity index (χ1) is 10.1. The van der Waals surface area contributed by atoms with Gasteiger partial charge in [0.1, 0.15) is 0 Å². The smallest absolute Gasteiger partial charge is 0.231 e. The Morgan fingerprint density at radius 2 is 2.29 bits per heavy atom. The van der Waals surface area contributed by atoms with E-state index >= 15 is 0 Å². The Labute approximate surface area is 125 Å². The number of piperidine rings is 1. The summed E-state index contributed by atoms with van der Waals surface area (Å²) in [4.78, 5) is 13.4. The number of rotatable bonds is 3. The molecule has 1 N–H and O–H groups in total. The summed E-state index contributed by atoms with van der Waals surface area (Å²) in [6.07, 6.45) is 0.993. The van der Waals surface area contributed by atoms with Crippen molar-refractivity contribution < 1.29 is 14.3 Å². The van der Waals surface area contributed by atoms with Crippen LogP contribution in [0.2, 0.25) is 0 Å². The number of nitrogens with zero attached hydrogens (tertiary/aromatic N) is 1. The molecular weight excluding hydrogens is 268 g/mol. The highest BCUT2D eigenvalue weighted by Gasteiger charge is 2.27. The van der Waals surface area contributed by atoms with Crippen LogP contribution in [0.4, 0.5) is 0 Å². The van der Waals surface area contributed by atoms with Crippen molar-refractivity contribution in [1.29, 1.82) is 0 Å². The number of amides is 1. The topological polar surface area (TPSA) is 50.8 Å². The number of hydrogen-bond donors (Lipinski definition) is 1. The average molecular weight is 290 g/mol. The highest BCUT2D eigenvalue weighted by Crippen LogP contribution is 2.35. The summed E-state index contributed by atoms with van der Waals surface area (Å²) >= 11 is 0. The molecule has 5 nitrogen and oxygen atoms in total. The van der Waals surface area contributed by atoms with Crippen LogP contribution in [-0.4, -0.2) is 36.7 Å². The molecular formula is C16H22N2O3. The van der Waals surface area contributed by atoms with Crippen LogP contribution >= 0.6 is 0 Å². The Hall–Kier alpha value is -1.75. The van der Waals surface area contributed by atoms with Gasteiger partial charge in [-0.25, -0.2) is 0 Å². The van der Waals surface area contributed by atoms with Crippen molar-refractivity contribution in [2.45, 2.75) is 32.9 Å². The number of nitrogens with one attached hydrogen (secondary N) is 1. The Morgan fingerprint density at radius 1 is 1.43 bits per heavy atom. The maximum absolute atomic E-state index is 11.4. The Kier molecular flexibility index (Phi) is 4.01. The SMILES string of the molecule is CC(=O)N1CC[C@H](NCc2cccc3c2OCO3)[C@H](C)C1. The first-order valence-electron chi connectivity index (χ1n) is 7.51. The molecule has 2 atom stereocenters. The van der Waals surface area contributed by atoms with E-state index in [0.29, 0.717) is 18.8 Å². The third-order valence-corrected chi connectivity index (χ3v) is 4.38. The first-order valence-corrected chi connectivity index (χ1v) is 7.51. The molecule has 1 saturated heterocycles. The molecule has 0 radical (unpaired) electrons. The lowest BCUT2D eigenvalue weighted by molar-refractivity contribution is -0.130. The van der Waals surface area contributed by atoms with Crippen LogP contribution in [0.25, 0.3) is 0 Å². The largest absolute Gasteiger partial charge is 0.454 e. The molecule has 0 spiro atoms. The summed E-state index contributed by atoms with van der Waals surface area (Å²) in [7, 11) is 0. The predicted molar refractivity (Wildman–Crippen MR) is 79.2 cm³/mol. The van der Waals surface area contributed by atoms with Crippen molar-refractivity contribution in [3.63, 3.8) is 0 Å². The van der Waals surface area contributed by atoms with Gasteiger partial charge in [0.25, 0.3) is 0 Å². The minimum absolute atomic E-state index is 0.173. The van der Waals surface area contributed by atoms with E-state index in [1.54, 1.807) is 6.92 Å². The number of carbonyl (C=O) groups excluding carboxylic acids is 1. The van der Waals surface area contributed by atoms with Gasteiger partial charge in [-0.1, -0.05) is 19.1 Å². The fraction of sp³-hybridized carbons (Fsp3) is 0.562. The molecule has 2 aliphatic heterocycles. The minimum Gasteiger partial charge on any atom is -0.454 e. The quantitative estimate of drug-likeness (QED) is 0.921. The zero-order valence-corrected chi connectivity index (χ0v) is 12.6. The Morgan fingerprint density at radius 3 is 3.05 bits per heavy atom. The van der Waals surface area contributed by atoms with Crippen molar-refractivity contribution >= 4 is 5.91 Å². The van der Waals surface area contributed by atoms with E-state index < -0.39 is 0 Å². The van der Waals surface area contributed by atoms with Crippen LogP contribution in [-0.2, 0) is 11.3 Å². The van der Waals surface area contributed by atoms with E-state index in [1.165, 1.54) is 0 Å². The van der Waals surface area contributed by atoms with Crippen LogP contribution in [0.3, 0.4) is 0 Å². The fourth-order valence-electron chi connectivity index (χ4n) is 3.11. The highest BCUT2D eigenvalue weighted by molar-refractivity contribution is 5.73. The number of ether oxygens (including phenoxy) is 2. The molecule has 0 aliphatic carbocycles. The summed E-state index contributed by atoms with van der Waals surface area (Å²) in [6, 6.07) is 6.42. The lowest BCUT2D eigenvalue weighted by Gasteiger charge is -2.37. The molecule has 5 heteroatoms. The summed E-state index contributed by atoms with van der Waals surface area (Å²) in [5.41, 5.74) is 1.13. The van der Waals surface area contributed by atoms with Gasteiger partial charge in [-0.05, 0) is 18.4 Å². The molecule has 0 bridgehead atoms.